The van der Waals surface area contributed by atoms with Gasteiger partial charge in [-0.1, -0.05) is 40.3 Å². The first-order chi connectivity index (χ1) is 3.83. The lowest BCUT2D eigenvalue weighted by Gasteiger charge is -2.00. The van der Waals surface area contributed by atoms with Crippen LogP contribution in [0.1, 0.15) is 12.8 Å². The highest BCUT2D eigenvalue weighted by molar-refractivity contribution is 14.1. The van der Waals surface area contributed by atoms with Gasteiger partial charge < -0.3 is 0 Å². The highest BCUT2D eigenvalue weighted by Crippen LogP contribution is 2.28. The molecule has 8 heavy (non-hydrogen) atoms. The summed E-state index contributed by atoms with van der Waals surface area (Å²) in [5.74, 6) is 0.836. The van der Waals surface area contributed by atoms with Crippen molar-refractivity contribution in [3.63, 3.8) is 0 Å². The van der Waals surface area contributed by atoms with E-state index in [-0.39, 0.29) is 0 Å². The Labute approximate surface area is 68.4 Å². The van der Waals surface area contributed by atoms with Crippen LogP contribution in [-0.4, -0.2) is 4.43 Å². The molecule has 0 aromatic carbocycles. The molecule has 0 amide bonds. The van der Waals surface area contributed by atoms with Crippen LogP contribution in [0.5, 0.6) is 0 Å². The number of allylic oxidation sites excluding steroid dienone is 2. The fraction of sp³-hybridized carbons (Fsp3) is 0.667. The van der Waals surface area contributed by atoms with Gasteiger partial charge in [0.15, 0.2) is 0 Å². The predicted octanol–water partition coefficient (Wildman–Crippen LogP) is 2.95. The predicted molar refractivity (Wildman–Crippen MR) is 45.5 cm³/mol. The van der Waals surface area contributed by atoms with Crippen LogP contribution in [0.25, 0.3) is 0 Å². The van der Waals surface area contributed by atoms with Crippen molar-refractivity contribution in [3.8, 4) is 0 Å². The Kier molecular flexibility index (Phi) is 2.63. The van der Waals surface area contributed by atoms with E-state index in [1.807, 2.05) is 0 Å². The average Bonchev–Trinajstić information content (AvgIpc) is 2.14. The zero-order valence-electron chi connectivity index (χ0n) is 4.53. The summed E-state index contributed by atoms with van der Waals surface area (Å²) in [5, 5.41) is 1.06. The third-order valence-corrected chi connectivity index (χ3v) is 2.93. The first kappa shape index (κ1) is 6.87. The largest absolute Gasteiger partial charge is 0.0895 e. The Bertz CT molecular complexity index is 109. The minimum atomic E-state index is 0.836. The van der Waals surface area contributed by atoms with Crippen molar-refractivity contribution in [1.29, 1.82) is 0 Å². The molecule has 1 atom stereocenters. The van der Waals surface area contributed by atoms with Crippen molar-refractivity contribution in [2.75, 3.05) is 4.43 Å². The number of hydrogen-bond donors (Lipinski definition) is 0. The third kappa shape index (κ3) is 1.62. The van der Waals surface area contributed by atoms with Gasteiger partial charge >= 0.3 is 0 Å². The number of hydrogen-bond acceptors (Lipinski definition) is 0. The van der Waals surface area contributed by atoms with Crippen LogP contribution < -0.4 is 0 Å². The van der Waals surface area contributed by atoms with E-state index in [0.717, 1.165) is 17.4 Å². The van der Waals surface area contributed by atoms with Crippen molar-refractivity contribution in [1.82, 2.24) is 0 Å². The van der Waals surface area contributed by atoms with Crippen molar-refractivity contribution >= 4 is 34.2 Å². The first-order valence-corrected chi connectivity index (χ1v) is 4.64. The molecule has 0 heterocycles. The molecule has 0 N–H and O–H groups in total. The second kappa shape index (κ2) is 3.06. The van der Waals surface area contributed by atoms with Crippen LogP contribution in [0, 0.1) is 5.92 Å². The second-order valence-corrected chi connectivity index (χ2v) is 3.48. The van der Waals surface area contributed by atoms with Gasteiger partial charge in [0.1, 0.15) is 0 Å². The smallest absolute Gasteiger partial charge is 0.0144 e. The Hall–Kier alpha value is 0.760. The number of halogens is 2. The van der Waals surface area contributed by atoms with Crippen LogP contribution in [0.15, 0.2) is 11.1 Å². The summed E-state index contributed by atoms with van der Waals surface area (Å²) in [4.78, 5) is 0. The van der Waals surface area contributed by atoms with Crippen LogP contribution in [0.3, 0.4) is 0 Å². The highest BCUT2D eigenvalue weighted by Gasteiger charge is 2.12. The van der Waals surface area contributed by atoms with Crippen LogP contribution >= 0.6 is 34.2 Å². The van der Waals surface area contributed by atoms with E-state index in [4.69, 9.17) is 11.6 Å². The number of alkyl halides is 1. The number of rotatable bonds is 1. The van der Waals surface area contributed by atoms with E-state index in [1.165, 1.54) is 10.8 Å². The van der Waals surface area contributed by atoms with Crippen LogP contribution in [0.2, 0.25) is 0 Å². The molecule has 0 saturated heterocycles. The summed E-state index contributed by atoms with van der Waals surface area (Å²) in [6.45, 7) is 0. The van der Waals surface area contributed by atoms with E-state index >= 15 is 0 Å². The minimum absolute atomic E-state index is 0.836. The van der Waals surface area contributed by atoms with Crippen molar-refractivity contribution in [2.45, 2.75) is 12.8 Å². The molecule has 1 unspecified atom stereocenters. The van der Waals surface area contributed by atoms with Gasteiger partial charge in [-0.05, 0) is 18.8 Å². The molecule has 1 aliphatic carbocycles. The lowest BCUT2D eigenvalue weighted by molar-refractivity contribution is 0.656. The average molecular weight is 242 g/mol. The van der Waals surface area contributed by atoms with E-state index < -0.39 is 0 Å². The van der Waals surface area contributed by atoms with E-state index in [1.54, 1.807) is 0 Å². The van der Waals surface area contributed by atoms with Crippen LogP contribution in [-0.2, 0) is 0 Å². The Morgan fingerprint density at radius 1 is 1.88 bits per heavy atom. The summed E-state index contributed by atoms with van der Waals surface area (Å²) in [6, 6.07) is 0. The summed E-state index contributed by atoms with van der Waals surface area (Å²) >= 11 is 8.15. The third-order valence-electron chi connectivity index (χ3n) is 1.37. The van der Waals surface area contributed by atoms with Gasteiger partial charge in [0.2, 0.25) is 0 Å². The Balaban J connectivity index is 2.32. The van der Waals surface area contributed by atoms with Gasteiger partial charge in [0.25, 0.3) is 0 Å². The summed E-state index contributed by atoms with van der Waals surface area (Å²) in [6.07, 6.45) is 4.44. The molecule has 0 bridgehead atoms. The molecule has 46 valence electrons. The van der Waals surface area contributed by atoms with Gasteiger partial charge in [0.05, 0.1) is 0 Å². The minimum Gasteiger partial charge on any atom is -0.0895 e. The van der Waals surface area contributed by atoms with Gasteiger partial charge in [-0.2, -0.15) is 0 Å². The molecule has 0 saturated carbocycles. The molecule has 0 nitrogen and oxygen atoms in total. The van der Waals surface area contributed by atoms with Crippen molar-refractivity contribution < 1.29 is 0 Å². The molecule has 2 heteroatoms. The maximum atomic E-state index is 5.74. The zero-order valence-corrected chi connectivity index (χ0v) is 7.45. The topological polar surface area (TPSA) is 0 Å². The highest BCUT2D eigenvalue weighted by atomic mass is 127. The normalized spacial score (nSPS) is 28.2. The van der Waals surface area contributed by atoms with Gasteiger partial charge in [-0.25, -0.2) is 0 Å². The van der Waals surface area contributed by atoms with Gasteiger partial charge in [0, 0.05) is 9.46 Å². The first-order valence-electron chi connectivity index (χ1n) is 2.73. The maximum absolute atomic E-state index is 5.74. The molecule has 1 aliphatic rings. The fourth-order valence-electron chi connectivity index (χ4n) is 0.855. The van der Waals surface area contributed by atoms with Gasteiger partial charge in [-0.15, -0.1) is 0 Å². The molecular weight excluding hydrogens is 234 g/mol. The summed E-state index contributed by atoms with van der Waals surface area (Å²) in [5.41, 5.74) is 0. The van der Waals surface area contributed by atoms with Gasteiger partial charge in [-0.3, -0.25) is 0 Å². The Morgan fingerprint density at radius 3 is 2.88 bits per heavy atom. The zero-order chi connectivity index (χ0) is 5.98. The molecule has 0 aliphatic heterocycles. The fourth-order valence-corrected chi connectivity index (χ4v) is 1.83. The molecular formula is C6H8ClI. The second-order valence-electron chi connectivity index (χ2n) is 2.11. The molecule has 0 aromatic rings. The van der Waals surface area contributed by atoms with Crippen molar-refractivity contribution in [3.05, 3.63) is 11.1 Å². The Morgan fingerprint density at radius 2 is 2.62 bits per heavy atom. The van der Waals surface area contributed by atoms with Crippen molar-refractivity contribution in [2.24, 2.45) is 5.92 Å². The molecule has 0 spiro atoms. The molecule has 0 fully saturated rings. The standard InChI is InChI=1S/C6H8ClI/c7-6-2-1-5(3-6)4-8/h2,5H,1,3-4H2. The van der Waals surface area contributed by atoms with E-state index in [0.29, 0.717) is 0 Å². The molecule has 0 aromatic heterocycles. The summed E-state index contributed by atoms with van der Waals surface area (Å²) in [7, 11) is 0. The SMILES string of the molecule is ClC1=CCC(CI)C1. The lowest BCUT2D eigenvalue weighted by Crippen LogP contribution is -1.92. The molecule has 0 radical (unpaired) electrons. The quantitative estimate of drug-likeness (QED) is 0.490. The monoisotopic (exact) mass is 242 g/mol. The van der Waals surface area contributed by atoms with E-state index in [9.17, 15) is 0 Å². The lowest BCUT2D eigenvalue weighted by atomic mass is 10.1. The summed E-state index contributed by atoms with van der Waals surface area (Å²) < 4.78 is 1.24. The maximum Gasteiger partial charge on any atom is 0.0144 e. The van der Waals surface area contributed by atoms with E-state index in [2.05, 4.69) is 28.7 Å². The van der Waals surface area contributed by atoms with Crippen LogP contribution in [0.4, 0.5) is 0 Å². The molecule has 1 rings (SSSR count).